The van der Waals surface area contributed by atoms with Gasteiger partial charge in [-0.1, -0.05) is 12.7 Å². The molecule has 0 amide bonds. The van der Waals surface area contributed by atoms with Crippen LogP contribution in [0.4, 0.5) is 0 Å². The molecule has 0 aromatic heterocycles. The molecule has 0 fully saturated rings. The summed E-state index contributed by atoms with van der Waals surface area (Å²) in [7, 11) is -2.05. The van der Waals surface area contributed by atoms with Crippen molar-refractivity contribution < 1.29 is 23.1 Å². The Morgan fingerprint density at radius 3 is 2.71 bits per heavy atom. The van der Waals surface area contributed by atoms with Gasteiger partial charge in [0.25, 0.3) is 0 Å². The molecule has 0 spiro atoms. The molecule has 2 atom stereocenters. The van der Waals surface area contributed by atoms with Gasteiger partial charge in [0.1, 0.15) is 12.4 Å². The molecule has 0 saturated heterocycles. The third-order valence-corrected chi connectivity index (χ3v) is 4.17. The lowest BCUT2D eigenvalue weighted by molar-refractivity contribution is -0.142. The van der Waals surface area contributed by atoms with Crippen molar-refractivity contribution in [3.05, 3.63) is 12.7 Å². The highest BCUT2D eigenvalue weighted by atomic mass is 31.2. The molecular weight excluding hydrogens is 245 g/mol. The van der Waals surface area contributed by atoms with Crippen LogP contribution in [0.5, 0.6) is 0 Å². The zero-order valence-electron chi connectivity index (χ0n) is 10.3. The van der Waals surface area contributed by atoms with Crippen LogP contribution < -0.4 is 5.73 Å². The largest absolute Gasteiger partial charge is 0.461 e. The number of hydrogen-bond donors (Lipinski definition) is 1. The fraction of sp³-hybridized carbons (Fsp3) is 0.700. The van der Waals surface area contributed by atoms with E-state index in [2.05, 4.69) is 6.58 Å². The summed E-state index contributed by atoms with van der Waals surface area (Å²) >= 11 is 0. The molecule has 0 aliphatic rings. The second-order valence-electron chi connectivity index (χ2n) is 3.22. The molecule has 0 rings (SSSR count). The maximum Gasteiger partial charge on any atom is 0.346 e. The number of nitrogens with two attached hydrogens (primary N) is 1. The van der Waals surface area contributed by atoms with Gasteiger partial charge >= 0.3 is 13.6 Å². The monoisotopic (exact) mass is 265 g/mol. The van der Waals surface area contributed by atoms with Crippen LogP contribution in [0.2, 0.25) is 0 Å². The van der Waals surface area contributed by atoms with Crippen LogP contribution in [0.3, 0.4) is 0 Å². The molecule has 0 heterocycles. The van der Waals surface area contributed by atoms with Crippen molar-refractivity contribution >= 4 is 13.6 Å². The van der Waals surface area contributed by atoms with E-state index in [0.717, 1.165) is 0 Å². The molecule has 0 aromatic carbocycles. The first kappa shape index (κ1) is 16.3. The summed E-state index contributed by atoms with van der Waals surface area (Å²) in [6, 6.07) is 0. The van der Waals surface area contributed by atoms with Gasteiger partial charge in [-0.25, -0.2) is 0 Å². The quantitative estimate of drug-likeness (QED) is 0.387. The van der Waals surface area contributed by atoms with E-state index in [-0.39, 0.29) is 26.1 Å². The molecule has 7 heteroatoms. The Balaban J connectivity index is 4.14. The zero-order chi connectivity index (χ0) is 13.3. The Kier molecular flexibility index (Phi) is 8.08. The van der Waals surface area contributed by atoms with Gasteiger partial charge in [0, 0.05) is 13.5 Å². The van der Waals surface area contributed by atoms with E-state index in [4.69, 9.17) is 19.5 Å². The minimum atomic E-state index is -3.32. The first-order chi connectivity index (χ1) is 8.00. The van der Waals surface area contributed by atoms with Gasteiger partial charge < -0.3 is 19.5 Å². The summed E-state index contributed by atoms with van der Waals surface area (Å²) < 4.78 is 26.5. The van der Waals surface area contributed by atoms with Gasteiger partial charge in [0.05, 0.1) is 6.61 Å². The van der Waals surface area contributed by atoms with Crippen molar-refractivity contribution in [1.29, 1.82) is 0 Å². The smallest absolute Gasteiger partial charge is 0.346 e. The van der Waals surface area contributed by atoms with Gasteiger partial charge in [-0.2, -0.15) is 0 Å². The minimum Gasteiger partial charge on any atom is -0.461 e. The highest BCUT2D eigenvalue weighted by Crippen LogP contribution is 2.51. The maximum absolute atomic E-state index is 12.0. The van der Waals surface area contributed by atoms with Gasteiger partial charge in [-0.05, 0) is 13.3 Å². The number of rotatable bonds is 9. The van der Waals surface area contributed by atoms with Crippen molar-refractivity contribution in [3.8, 4) is 0 Å². The van der Waals surface area contributed by atoms with Gasteiger partial charge in [-0.15, -0.1) is 0 Å². The average Bonchev–Trinajstić information content (AvgIpc) is 2.33. The van der Waals surface area contributed by atoms with Crippen molar-refractivity contribution in [1.82, 2.24) is 0 Å². The van der Waals surface area contributed by atoms with Crippen LogP contribution in [-0.2, 0) is 23.1 Å². The maximum atomic E-state index is 12.0. The van der Waals surface area contributed by atoms with Crippen LogP contribution in [-0.4, -0.2) is 32.1 Å². The Morgan fingerprint density at radius 1 is 1.59 bits per heavy atom. The summed E-state index contributed by atoms with van der Waals surface area (Å²) in [6.45, 7) is 5.50. The molecule has 0 aliphatic heterocycles. The average molecular weight is 265 g/mol. The normalized spacial score (nSPS) is 15.9. The number of ether oxygens (including phenoxy) is 1. The van der Waals surface area contributed by atoms with Crippen molar-refractivity contribution in [2.75, 3.05) is 20.3 Å². The zero-order valence-corrected chi connectivity index (χ0v) is 11.2. The van der Waals surface area contributed by atoms with E-state index in [1.165, 1.54) is 13.2 Å². The molecule has 2 unspecified atom stereocenters. The lowest BCUT2D eigenvalue weighted by atomic mass is 10.3. The van der Waals surface area contributed by atoms with Gasteiger partial charge in [0.2, 0.25) is 0 Å². The minimum absolute atomic E-state index is 0.0649. The molecule has 6 nitrogen and oxygen atoms in total. The molecule has 17 heavy (non-hydrogen) atoms. The van der Waals surface area contributed by atoms with Crippen LogP contribution in [0, 0.1) is 0 Å². The fourth-order valence-corrected chi connectivity index (χ4v) is 2.48. The van der Waals surface area contributed by atoms with Crippen molar-refractivity contribution in [2.24, 2.45) is 5.73 Å². The van der Waals surface area contributed by atoms with Crippen LogP contribution in [0.15, 0.2) is 12.7 Å². The molecule has 0 saturated carbocycles. The summed E-state index contributed by atoms with van der Waals surface area (Å²) in [4.78, 5) is 11.2. The van der Waals surface area contributed by atoms with E-state index in [1.54, 1.807) is 6.92 Å². The number of hydrogen-bond acceptors (Lipinski definition) is 6. The number of carbonyl (C=O) groups is 1. The predicted molar refractivity (Wildman–Crippen MR) is 64.6 cm³/mol. The molecule has 0 aliphatic carbocycles. The van der Waals surface area contributed by atoms with E-state index in [1.807, 2.05) is 0 Å². The third-order valence-electron chi connectivity index (χ3n) is 1.98. The lowest BCUT2D eigenvalue weighted by Crippen LogP contribution is -2.24. The van der Waals surface area contributed by atoms with Crippen molar-refractivity contribution in [2.45, 2.75) is 25.5 Å². The summed E-state index contributed by atoms with van der Waals surface area (Å²) in [5, 5.41) is 0. The van der Waals surface area contributed by atoms with Crippen LogP contribution in [0.1, 0.15) is 19.8 Å². The second-order valence-corrected chi connectivity index (χ2v) is 5.58. The third kappa shape index (κ3) is 5.98. The highest BCUT2D eigenvalue weighted by Gasteiger charge is 2.31. The standard InChI is InChI=1S/C10H20NO5P/c1-4-8-15-10(12)7-6-9(11)17(13,14-3)16-5-2/h4,9H,1,5-8,11H2,2-3H3. The molecule has 0 bridgehead atoms. The SMILES string of the molecule is C=CCOC(=O)CCC(N)P(=O)(OC)OCC. The molecule has 100 valence electrons. The van der Waals surface area contributed by atoms with Crippen molar-refractivity contribution in [3.63, 3.8) is 0 Å². The van der Waals surface area contributed by atoms with E-state index < -0.39 is 19.3 Å². The highest BCUT2D eigenvalue weighted by molar-refractivity contribution is 7.54. The number of esters is 1. The van der Waals surface area contributed by atoms with Crippen LogP contribution >= 0.6 is 7.60 Å². The number of carbonyl (C=O) groups excluding carboxylic acids is 1. The Morgan fingerprint density at radius 2 is 2.24 bits per heavy atom. The first-order valence-corrected chi connectivity index (χ1v) is 6.93. The van der Waals surface area contributed by atoms with Gasteiger partial charge in [0.15, 0.2) is 0 Å². The Labute approximate surface area is 102 Å². The second kappa shape index (κ2) is 8.42. The summed E-state index contributed by atoms with van der Waals surface area (Å²) in [5.41, 5.74) is 5.68. The van der Waals surface area contributed by atoms with E-state index >= 15 is 0 Å². The summed E-state index contributed by atoms with van der Waals surface area (Å²) in [5.74, 6) is -1.25. The Bertz CT molecular complexity index is 294. The molecular formula is C10H20NO5P. The van der Waals surface area contributed by atoms with E-state index in [0.29, 0.717) is 0 Å². The lowest BCUT2D eigenvalue weighted by Gasteiger charge is -2.21. The predicted octanol–water partition coefficient (Wildman–Crippen LogP) is 1.66. The van der Waals surface area contributed by atoms with E-state index in [9.17, 15) is 9.36 Å². The van der Waals surface area contributed by atoms with Gasteiger partial charge in [-0.3, -0.25) is 9.36 Å². The van der Waals surface area contributed by atoms with Crippen LogP contribution in [0.25, 0.3) is 0 Å². The Hall–Kier alpha value is -0.680. The fourth-order valence-electron chi connectivity index (χ4n) is 1.11. The molecule has 0 radical (unpaired) electrons. The topological polar surface area (TPSA) is 87.9 Å². The summed E-state index contributed by atoms with van der Waals surface area (Å²) in [6.07, 6.45) is 1.72. The molecule has 2 N–H and O–H groups in total. The first-order valence-electron chi connectivity index (χ1n) is 5.32. The molecule has 0 aromatic rings.